The van der Waals surface area contributed by atoms with Crippen LogP contribution in [0.3, 0.4) is 0 Å². The Morgan fingerprint density at radius 3 is 2.43 bits per heavy atom. The van der Waals surface area contributed by atoms with Crippen molar-refractivity contribution >= 4 is 23.5 Å². The number of hydrogen-bond acceptors (Lipinski definition) is 7. The van der Waals surface area contributed by atoms with E-state index >= 15 is 0 Å². The van der Waals surface area contributed by atoms with Crippen molar-refractivity contribution in [3.05, 3.63) is 96.5 Å². The summed E-state index contributed by atoms with van der Waals surface area (Å²) in [4.78, 5) is 31.6. The van der Waals surface area contributed by atoms with Gasteiger partial charge < -0.3 is 34.7 Å². The van der Waals surface area contributed by atoms with E-state index in [1.807, 2.05) is 42.5 Å². The summed E-state index contributed by atoms with van der Waals surface area (Å²) < 4.78 is 16.6. The molecule has 3 aromatic carbocycles. The van der Waals surface area contributed by atoms with E-state index in [4.69, 9.17) is 13.9 Å². The first-order chi connectivity index (χ1) is 20.3. The number of anilines is 2. The molecule has 0 radical (unpaired) electrons. The fourth-order valence-corrected chi connectivity index (χ4v) is 4.26. The van der Waals surface area contributed by atoms with E-state index in [-0.39, 0.29) is 12.6 Å². The predicted octanol–water partition coefficient (Wildman–Crippen LogP) is 6.69. The molecule has 4 aromatic rings. The smallest absolute Gasteiger partial charge is 0.408 e. The second kappa shape index (κ2) is 14.7. The van der Waals surface area contributed by atoms with Gasteiger partial charge in [0.05, 0.1) is 18.9 Å². The Labute approximate surface area is 246 Å². The van der Waals surface area contributed by atoms with Crippen LogP contribution in [-0.4, -0.2) is 48.8 Å². The molecule has 1 atom stereocenters. The molecule has 3 N–H and O–H groups in total. The molecule has 4 rings (SSSR count). The van der Waals surface area contributed by atoms with Crippen molar-refractivity contribution in [2.75, 3.05) is 31.3 Å². The first kappa shape index (κ1) is 30.1. The summed E-state index contributed by atoms with van der Waals surface area (Å²) in [6, 6.07) is 22.2. The second-order valence-corrected chi connectivity index (χ2v) is 10.1. The van der Waals surface area contributed by atoms with E-state index < -0.39 is 12.1 Å². The van der Waals surface area contributed by atoms with Crippen LogP contribution in [0, 0.1) is 0 Å². The predicted molar refractivity (Wildman–Crippen MR) is 162 cm³/mol. The number of carbonyl (C=O) groups excluding carboxylic acids is 2. The van der Waals surface area contributed by atoms with Crippen LogP contribution in [0.1, 0.15) is 37.5 Å². The third-order valence-electron chi connectivity index (χ3n) is 6.83. The lowest BCUT2D eigenvalue weighted by atomic mass is 10.1. The fraction of sp³-hybridized carbons (Fsp3) is 0.281. The molecule has 10 heteroatoms. The van der Waals surface area contributed by atoms with Crippen LogP contribution in [0.4, 0.5) is 21.0 Å². The van der Waals surface area contributed by atoms with Crippen LogP contribution < -0.4 is 20.7 Å². The lowest BCUT2D eigenvalue weighted by Gasteiger charge is -2.25. The van der Waals surface area contributed by atoms with Gasteiger partial charge in [-0.1, -0.05) is 42.5 Å². The number of amides is 3. The van der Waals surface area contributed by atoms with Crippen LogP contribution in [-0.2, 0) is 11.3 Å². The van der Waals surface area contributed by atoms with E-state index in [9.17, 15) is 9.59 Å². The summed E-state index contributed by atoms with van der Waals surface area (Å²) in [5.41, 5.74) is 3.59. The lowest BCUT2D eigenvalue weighted by Crippen LogP contribution is -2.30. The summed E-state index contributed by atoms with van der Waals surface area (Å²) in [5, 5.41) is 8.45. The number of aromatic nitrogens is 1. The van der Waals surface area contributed by atoms with E-state index in [1.54, 1.807) is 43.6 Å². The topological polar surface area (TPSA) is 118 Å². The largest absolute Gasteiger partial charge is 0.496 e. The number of nitrogens with zero attached hydrogens (tertiary/aromatic N) is 2. The molecule has 1 heterocycles. The third-order valence-corrected chi connectivity index (χ3v) is 6.83. The highest BCUT2D eigenvalue weighted by molar-refractivity contribution is 6.00. The maximum atomic E-state index is 12.7. The third kappa shape index (κ3) is 8.58. The van der Waals surface area contributed by atoms with Gasteiger partial charge in [-0.25, -0.2) is 14.6 Å². The molecular formula is C32H37N5O5. The van der Waals surface area contributed by atoms with Gasteiger partial charge in [0.2, 0.25) is 0 Å². The number of ether oxygens (including phenoxy) is 2. The van der Waals surface area contributed by atoms with Crippen molar-refractivity contribution in [3.63, 3.8) is 0 Å². The molecule has 10 nitrogen and oxygen atoms in total. The monoisotopic (exact) mass is 571 g/mol. The Kier molecular flexibility index (Phi) is 10.5. The number of methoxy groups -OCH3 is 1. The van der Waals surface area contributed by atoms with Gasteiger partial charge in [0.25, 0.3) is 0 Å². The van der Waals surface area contributed by atoms with Crippen molar-refractivity contribution in [2.24, 2.45) is 0 Å². The van der Waals surface area contributed by atoms with Crippen LogP contribution >= 0.6 is 0 Å². The van der Waals surface area contributed by atoms with E-state index in [0.29, 0.717) is 35.3 Å². The molecule has 42 heavy (non-hydrogen) atoms. The summed E-state index contributed by atoms with van der Waals surface area (Å²) in [6.45, 7) is 5.29. The van der Waals surface area contributed by atoms with Crippen LogP contribution in [0.5, 0.6) is 5.75 Å². The van der Waals surface area contributed by atoms with Gasteiger partial charge in [-0.3, -0.25) is 0 Å². The average Bonchev–Trinajstić information content (AvgIpc) is 3.53. The summed E-state index contributed by atoms with van der Waals surface area (Å²) >= 11 is 0. The Bertz CT molecular complexity index is 1440. The Morgan fingerprint density at radius 1 is 0.976 bits per heavy atom. The molecule has 0 aliphatic rings. The molecule has 0 aliphatic heterocycles. The lowest BCUT2D eigenvalue weighted by molar-refractivity contribution is 0.0835. The number of carbonyl (C=O) groups is 2. The van der Waals surface area contributed by atoms with E-state index in [0.717, 1.165) is 23.2 Å². The number of alkyl carbamates (subject to hydrolysis) is 1. The SMILES string of the molecule is COc1cc(NC(=O)Nc2cccc(CNC(=O)OC(CCN(C)C(C)C)c3ccccc3)c2)ccc1-c1cnco1. The molecule has 3 amide bonds. The van der Waals surface area contributed by atoms with Gasteiger partial charge >= 0.3 is 12.1 Å². The molecule has 0 spiro atoms. The second-order valence-electron chi connectivity index (χ2n) is 10.1. The van der Waals surface area contributed by atoms with Crippen molar-refractivity contribution in [2.45, 2.75) is 39.0 Å². The minimum atomic E-state index is -0.505. The summed E-state index contributed by atoms with van der Waals surface area (Å²) in [6.07, 6.45) is 2.74. The van der Waals surface area contributed by atoms with Gasteiger partial charge in [0, 0.05) is 43.0 Å². The number of benzene rings is 3. The van der Waals surface area contributed by atoms with Crippen LogP contribution in [0.2, 0.25) is 0 Å². The highest BCUT2D eigenvalue weighted by Gasteiger charge is 2.18. The van der Waals surface area contributed by atoms with Gasteiger partial charge in [0.15, 0.2) is 12.2 Å². The molecule has 220 valence electrons. The molecule has 0 saturated carbocycles. The Hall–Kier alpha value is -4.83. The zero-order valence-electron chi connectivity index (χ0n) is 24.3. The van der Waals surface area contributed by atoms with Gasteiger partial charge in [-0.15, -0.1) is 0 Å². The van der Waals surface area contributed by atoms with Crippen molar-refractivity contribution in [1.29, 1.82) is 0 Å². The highest BCUT2D eigenvalue weighted by atomic mass is 16.6. The number of urea groups is 1. The van der Waals surface area contributed by atoms with Gasteiger partial charge in [-0.2, -0.15) is 0 Å². The molecule has 0 aliphatic carbocycles. The standard InChI is InChI=1S/C32H37N5O5/c1-22(2)37(3)16-15-28(24-10-6-5-7-11-24)42-32(39)34-19-23-9-8-12-25(17-23)35-31(38)36-26-13-14-27(29(18-26)40-4)30-20-33-21-41-30/h5-14,17-18,20-22,28H,15-16,19H2,1-4H3,(H,34,39)(H2,35,36,38). The first-order valence-corrected chi connectivity index (χ1v) is 13.8. The normalized spacial score (nSPS) is 11.7. The maximum absolute atomic E-state index is 12.7. The Morgan fingerprint density at radius 2 is 1.74 bits per heavy atom. The van der Waals surface area contributed by atoms with Crippen molar-refractivity contribution in [3.8, 4) is 17.1 Å². The van der Waals surface area contributed by atoms with Gasteiger partial charge in [0.1, 0.15) is 11.9 Å². The molecule has 0 fully saturated rings. The minimum Gasteiger partial charge on any atom is -0.496 e. The quantitative estimate of drug-likeness (QED) is 0.173. The Balaban J connectivity index is 1.31. The molecule has 0 saturated heterocycles. The van der Waals surface area contributed by atoms with Crippen molar-refractivity contribution in [1.82, 2.24) is 15.2 Å². The molecule has 0 bridgehead atoms. The van der Waals surface area contributed by atoms with Crippen LogP contribution in [0.25, 0.3) is 11.3 Å². The minimum absolute atomic E-state index is 0.240. The summed E-state index contributed by atoms with van der Waals surface area (Å²) in [7, 11) is 3.60. The number of nitrogens with one attached hydrogen (secondary N) is 3. The van der Waals surface area contributed by atoms with E-state index in [1.165, 1.54) is 6.39 Å². The zero-order chi connectivity index (χ0) is 29.9. The zero-order valence-corrected chi connectivity index (χ0v) is 24.3. The van der Waals surface area contributed by atoms with E-state index in [2.05, 4.69) is 46.7 Å². The maximum Gasteiger partial charge on any atom is 0.408 e. The molecule has 1 aromatic heterocycles. The number of rotatable bonds is 12. The average molecular weight is 572 g/mol. The highest BCUT2D eigenvalue weighted by Crippen LogP contribution is 2.32. The fourth-order valence-electron chi connectivity index (χ4n) is 4.26. The van der Waals surface area contributed by atoms with Crippen molar-refractivity contribution < 1.29 is 23.5 Å². The molecular weight excluding hydrogens is 534 g/mol. The van der Waals surface area contributed by atoms with Gasteiger partial charge in [-0.05, 0) is 56.3 Å². The summed E-state index contributed by atoms with van der Waals surface area (Å²) in [5.74, 6) is 1.09. The number of hydrogen-bond donors (Lipinski definition) is 3. The first-order valence-electron chi connectivity index (χ1n) is 13.8. The number of oxazole rings is 1. The van der Waals surface area contributed by atoms with Crippen LogP contribution in [0.15, 0.2) is 89.8 Å². The molecule has 1 unspecified atom stereocenters.